The average Bonchev–Trinajstić information content (AvgIpc) is 3.10. The zero-order valence-corrected chi connectivity index (χ0v) is 13.1. The lowest BCUT2D eigenvalue weighted by molar-refractivity contribution is -0.165. The number of ether oxygens (including phenoxy) is 4. The van der Waals surface area contributed by atoms with E-state index >= 15 is 0 Å². The Labute approximate surface area is 140 Å². The van der Waals surface area contributed by atoms with Crippen molar-refractivity contribution < 1.29 is 46.5 Å². The minimum atomic E-state index is -4.90. The molecule has 3 aliphatic heterocycles. The SMILES string of the molecule is C=C(C(=O)OC(C)CC(=O)OC1C2CC3C(=O)OC1C3O2)C(F)(F)F. The monoisotopic (exact) mass is 364 g/mol. The Morgan fingerprint density at radius 3 is 2.68 bits per heavy atom. The van der Waals surface area contributed by atoms with Crippen molar-refractivity contribution in [2.75, 3.05) is 0 Å². The molecular weight excluding hydrogens is 349 g/mol. The van der Waals surface area contributed by atoms with Gasteiger partial charge >= 0.3 is 24.1 Å². The number of hydrogen-bond acceptors (Lipinski definition) is 7. The fourth-order valence-electron chi connectivity index (χ4n) is 3.23. The van der Waals surface area contributed by atoms with Crippen LogP contribution in [0.4, 0.5) is 13.2 Å². The Morgan fingerprint density at radius 2 is 2.04 bits per heavy atom. The van der Waals surface area contributed by atoms with E-state index in [2.05, 4.69) is 11.3 Å². The highest BCUT2D eigenvalue weighted by atomic mass is 19.4. The summed E-state index contributed by atoms with van der Waals surface area (Å²) in [5, 5.41) is 0. The summed E-state index contributed by atoms with van der Waals surface area (Å²) in [6.07, 6.45) is -8.39. The molecule has 7 nitrogen and oxygen atoms in total. The number of carbonyl (C=O) groups excluding carboxylic acids is 3. The number of carbonyl (C=O) groups is 3. The van der Waals surface area contributed by atoms with Gasteiger partial charge in [0.05, 0.1) is 18.4 Å². The Morgan fingerprint density at radius 1 is 1.36 bits per heavy atom. The second-order valence-electron chi connectivity index (χ2n) is 6.23. The van der Waals surface area contributed by atoms with Gasteiger partial charge in [-0.15, -0.1) is 0 Å². The molecule has 2 bridgehead atoms. The number of halogens is 3. The minimum Gasteiger partial charge on any atom is -0.458 e. The zero-order chi connectivity index (χ0) is 18.5. The maximum absolute atomic E-state index is 12.3. The first-order chi connectivity index (χ1) is 11.6. The fourth-order valence-corrected chi connectivity index (χ4v) is 3.23. The molecule has 0 aromatic heterocycles. The van der Waals surface area contributed by atoms with Crippen LogP contribution in [-0.4, -0.2) is 54.6 Å². The molecule has 0 saturated carbocycles. The third-order valence-electron chi connectivity index (χ3n) is 4.40. The number of rotatable bonds is 5. The van der Waals surface area contributed by atoms with Crippen molar-refractivity contribution in [1.82, 2.24) is 0 Å². The van der Waals surface area contributed by atoms with Crippen LogP contribution < -0.4 is 0 Å². The summed E-state index contributed by atoms with van der Waals surface area (Å²) in [5.41, 5.74) is -1.65. The van der Waals surface area contributed by atoms with Gasteiger partial charge in [0.25, 0.3) is 0 Å². The van der Waals surface area contributed by atoms with Crippen LogP contribution in [-0.2, 0) is 33.3 Å². The van der Waals surface area contributed by atoms with Crippen LogP contribution in [0.2, 0.25) is 0 Å². The van der Waals surface area contributed by atoms with Crippen molar-refractivity contribution in [3.8, 4) is 0 Å². The molecule has 0 aromatic carbocycles. The largest absolute Gasteiger partial charge is 0.458 e. The molecule has 0 spiro atoms. The van der Waals surface area contributed by atoms with Gasteiger partial charge in [0.1, 0.15) is 17.8 Å². The Kier molecular flexibility index (Phi) is 4.26. The summed E-state index contributed by atoms with van der Waals surface area (Å²) in [4.78, 5) is 34.8. The average molecular weight is 364 g/mol. The number of fused-ring (bicyclic) bond motifs is 1. The van der Waals surface area contributed by atoms with Crippen molar-refractivity contribution in [2.45, 2.75) is 56.5 Å². The topological polar surface area (TPSA) is 88.1 Å². The Balaban J connectivity index is 1.49. The number of esters is 3. The third kappa shape index (κ3) is 3.22. The van der Waals surface area contributed by atoms with Gasteiger partial charge in [0.2, 0.25) is 0 Å². The molecule has 138 valence electrons. The molecule has 6 unspecified atom stereocenters. The van der Waals surface area contributed by atoms with Crippen molar-refractivity contribution in [2.24, 2.45) is 5.92 Å². The molecule has 0 N–H and O–H groups in total. The molecule has 3 saturated heterocycles. The summed E-state index contributed by atoms with van der Waals surface area (Å²) in [6.45, 7) is 3.87. The van der Waals surface area contributed by atoms with E-state index in [-0.39, 0.29) is 11.9 Å². The molecule has 0 aliphatic carbocycles. The fraction of sp³-hybridized carbons (Fsp3) is 0.667. The van der Waals surface area contributed by atoms with Crippen LogP contribution in [0, 0.1) is 5.92 Å². The van der Waals surface area contributed by atoms with E-state index in [0.29, 0.717) is 6.42 Å². The molecule has 0 amide bonds. The van der Waals surface area contributed by atoms with Gasteiger partial charge in [-0.3, -0.25) is 9.59 Å². The summed E-state index contributed by atoms with van der Waals surface area (Å²) in [6, 6.07) is 0. The first-order valence-electron chi connectivity index (χ1n) is 7.60. The maximum Gasteiger partial charge on any atom is 0.422 e. The van der Waals surface area contributed by atoms with Gasteiger partial charge in [-0.05, 0) is 13.3 Å². The summed E-state index contributed by atoms with van der Waals surface area (Å²) in [5.74, 6) is -3.16. The second kappa shape index (κ2) is 6.01. The van der Waals surface area contributed by atoms with Crippen LogP contribution in [0.25, 0.3) is 0 Å². The highest BCUT2D eigenvalue weighted by molar-refractivity contribution is 5.89. The third-order valence-corrected chi connectivity index (χ3v) is 4.40. The van der Waals surface area contributed by atoms with Crippen LogP contribution in [0.1, 0.15) is 19.8 Å². The van der Waals surface area contributed by atoms with E-state index in [1.165, 1.54) is 6.92 Å². The maximum atomic E-state index is 12.3. The number of hydrogen-bond donors (Lipinski definition) is 0. The van der Waals surface area contributed by atoms with Crippen LogP contribution in [0.5, 0.6) is 0 Å². The normalized spacial score (nSPS) is 33.8. The molecule has 3 fully saturated rings. The van der Waals surface area contributed by atoms with Crippen LogP contribution in [0.3, 0.4) is 0 Å². The van der Waals surface area contributed by atoms with Crippen molar-refractivity contribution in [1.29, 1.82) is 0 Å². The lowest BCUT2D eigenvalue weighted by Crippen LogP contribution is -2.40. The van der Waals surface area contributed by atoms with Crippen molar-refractivity contribution in [3.05, 3.63) is 12.2 Å². The van der Waals surface area contributed by atoms with E-state index in [0.717, 1.165) is 0 Å². The summed E-state index contributed by atoms with van der Waals surface area (Å²) >= 11 is 0. The first-order valence-corrected chi connectivity index (χ1v) is 7.60. The van der Waals surface area contributed by atoms with Gasteiger partial charge in [0.15, 0.2) is 12.2 Å². The summed E-state index contributed by atoms with van der Waals surface area (Å²) in [7, 11) is 0. The van der Waals surface area contributed by atoms with E-state index < -0.39 is 60.6 Å². The smallest absolute Gasteiger partial charge is 0.422 e. The molecule has 6 atom stereocenters. The molecule has 3 rings (SSSR count). The standard InChI is InChI=1S/C15H15F3O7/c1-5(22-13(20)6(2)15(16,17)18)3-9(19)24-11-8-4-7-10(23-8)12(11)25-14(7)21/h5,7-8,10-12H,2-4H2,1H3. The van der Waals surface area contributed by atoms with Crippen molar-refractivity contribution in [3.63, 3.8) is 0 Å². The molecular formula is C15H15F3O7. The summed E-state index contributed by atoms with van der Waals surface area (Å²) < 4.78 is 57.4. The van der Waals surface area contributed by atoms with E-state index in [4.69, 9.17) is 14.2 Å². The molecule has 3 heterocycles. The van der Waals surface area contributed by atoms with Gasteiger partial charge in [-0.1, -0.05) is 6.58 Å². The Bertz CT molecular complexity index is 629. The zero-order valence-electron chi connectivity index (χ0n) is 13.1. The number of alkyl halides is 3. The second-order valence-corrected chi connectivity index (χ2v) is 6.23. The van der Waals surface area contributed by atoms with Crippen LogP contribution >= 0.6 is 0 Å². The lowest BCUT2D eigenvalue weighted by Gasteiger charge is -2.23. The molecule has 3 aliphatic rings. The van der Waals surface area contributed by atoms with Crippen molar-refractivity contribution >= 4 is 17.9 Å². The predicted octanol–water partition coefficient (Wildman–Crippen LogP) is 1.05. The van der Waals surface area contributed by atoms with Crippen LogP contribution in [0.15, 0.2) is 12.2 Å². The quantitative estimate of drug-likeness (QED) is 0.409. The van der Waals surface area contributed by atoms with Gasteiger partial charge < -0.3 is 18.9 Å². The van der Waals surface area contributed by atoms with E-state index in [1.807, 2.05) is 0 Å². The highest BCUT2D eigenvalue weighted by Gasteiger charge is 2.65. The highest BCUT2D eigenvalue weighted by Crippen LogP contribution is 2.47. The van der Waals surface area contributed by atoms with E-state index in [9.17, 15) is 27.6 Å². The molecule has 0 radical (unpaired) electrons. The Hall–Kier alpha value is -2.10. The molecule has 10 heteroatoms. The molecule has 0 aromatic rings. The van der Waals surface area contributed by atoms with E-state index in [1.54, 1.807) is 0 Å². The van der Waals surface area contributed by atoms with Gasteiger partial charge in [-0.2, -0.15) is 13.2 Å². The van der Waals surface area contributed by atoms with Gasteiger partial charge in [0, 0.05) is 0 Å². The first kappa shape index (κ1) is 17.7. The lowest BCUT2D eigenvalue weighted by atomic mass is 9.88. The van der Waals surface area contributed by atoms with Gasteiger partial charge in [-0.25, -0.2) is 4.79 Å². The molecule has 25 heavy (non-hydrogen) atoms. The predicted molar refractivity (Wildman–Crippen MR) is 71.9 cm³/mol. The minimum absolute atomic E-state index is 0.335.